The zero-order chi connectivity index (χ0) is 8.55. The molecule has 0 radical (unpaired) electrons. The van der Waals surface area contributed by atoms with Crippen molar-refractivity contribution in [1.29, 1.82) is 0 Å². The van der Waals surface area contributed by atoms with E-state index in [-0.39, 0.29) is 0 Å². The van der Waals surface area contributed by atoms with Gasteiger partial charge in [0.25, 0.3) is 0 Å². The summed E-state index contributed by atoms with van der Waals surface area (Å²) in [5.74, 6) is 0. The molecule has 0 aliphatic rings. The van der Waals surface area contributed by atoms with Crippen LogP contribution in [0.3, 0.4) is 0 Å². The Morgan fingerprint density at radius 3 is 2.75 bits per heavy atom. The summed E-state index contributed by atoms with van der Waals surface area (Å²) in [4.78, 5) is 5.64. The van der Waals surface area contributed by atoms with Gasteiger partial charge in [-0.3, -0.25) is 0 Å². The van der Waals surface area contributed by atoms with Crippen LogP contribution in [0, 0.1) is 6.92 Å². The molecule has 2 rings (SSSR count). The smallest absolute Gasteiger partial charge is 0.133 e. The van der Waals surface area contributed by atoms with Crippen molar-refractivity contribution >= 4 is 38.6 Å². The first-order valence-electron chi connectivity index (χ1n) is 3.43. The molecule has 1 nitrogen and oxygen atoms in total. The van der Waals surface area contributed by atoms with Gasteiger partial charge in [-0.1, -0.05) is 0 Å². The van der Waals surface area contributed by atoms with Gasteiger partial charge in [0.1, 0.15) is 5.01 Å². The summed E-state index contributed by atoms with van der Waals surface area (Å²) in [7, 11) is 0. The molecule has 0 unspecified atom stereocenters. The predicted octanol–water partition coefficient (Wildman–Crippen LogP) is 3.94. The van der Waals surface area contributed by atoms with Crippen molar-refractivity contribution in [2.24, 2.45) is 0 Å². The minimum atomic E-state index is 1.10. The number of hydrogen-bond donors (Lipinski definition) is 0. The third-order valence-corrected chi connectivity index (χ3v) is 4.16. The van der Waals surface area contributed by atoms with Crippen LogP contribution in [0.5, 0.6) is 0 Å². The summed E-state index contributed by atoms with van der Waals surface area (Å²) in [6, 6.07) is 4.14. The Labute approximate surface area is 87.2 Å². The highest BCUT2D eigenvalue weighted by atomic mass is 79.9. The summed E-state index contributed by atoms with van der Waals surface area (Å²) < 4.78 is 1.16. The number of aryl methyl sites for hydroxylation is 1. The van der Waals surface area contributed by atoms with E-state index in [0.717, 1.165) is 14.5 Å². The van der Waals surface area contributed by atoms with Gasteiger partial charge in [-0.25, -0.2) is 4.98 Å². The molecule has 0 atom stereocenters. The van der Waals surface area contributed by atoms with Gasteiger partial charge >= 0.3 is 0 Å². The van der Waals surface area contributed by atoms with Crippen LogP contribution in [0.2, 0.25) is 0 Å². The van der Waals surface area contributed by atoms with Gasteiger partial charge in [0.05, 0.1) is 8.66 Å². The lowest BCUT2D eigenvalue weighted by Crippen LogP contribution is -1.69. The molecule has 0 bridgehead atoms. The van der Waals surface area contributed by atoms with Crippen molar-refractivity contribution in [2.75, 3.05) is 0 Å². The van der Waals surface area contributed by atoms with Gasteiger partial charge in [-0.2, -0.15) is 0 Å². The lowest BCUT2D eigenvalue weighted by molar-refractivity contribution is 1.27. The lowest BCUT2D eigenvalue weighted by atomic mass is 10.5. The van der Waals surface area contributed by atoms with Crippen molar-refractivity contribution in [3.63, 3.8) is 0 Å². The molecule has 0 saturated carbocycles. The summed E-state index contributed by atoms with van der Waals surface area (Å²) in [6.07, 6.45) is 0. The van der Waals surface area contributed by atoms with E-state index in [1.54, 1.807) is 22.7 Å². The molecule has 0 N–H and O–H groups in total. The second kappa shape index (κ2) is 3.28. The van der Waals surface area contributed by atoms with Gasteiger partial charge in [-0.05, 0) is 35.0 Å². The quantitative estimate of drug-likeness (QED) is 0.756. The summed E-state index contributed by atoms with van der Waals surface area (Å²) in [5.41, 5.74) is 1.10. The molecule has 0 fully saturated rings. The van der Waals surface area contributed by atoms with E-state index in [4.69, 9.17) is 0 Å². The van der Waals surface area contributed by atoms with Crippen LogP contribution >= 0.6 is 38.6 Å². The Morgan fingerprint density at radius 2 is 2.25 bits per heavy atom. The van der Waals surface area contributed by atoms with Crippen LogP contribution < -0.4 is 0 Å². The van der Waals surface area contributed by atoms with E-state index in [2.05, 4.69) is 38.4 Å². The fourth-order valence-corrected chi connectivity index (χ4v) is 3.15. The van der Waals surface area contributed by atoms with Gasteiger partial charge < -0.3 is 0 Å². The predicted molar refractivity (Wildman–Crippen MR) is 57.9 cm³/mol. The maximum absolute atomic E-state index is 4.40. The Hall–Kier alpha value is -0.190. The first kappa shape index (κ1) is 8.41. The maximum Gasteiger partial charge on any atom is 0.133 e. The van der Waals surface area contributed by atoms with Crippen LogP contribution in [0.25, 0.3) is 9.88 Å². The van der Waals surface area contributed by atoms with Crippen LogP contribution in [-0.4, -0.2) is 4.98 Å². The number of thiazole rings is 1. The van der Waals surface area contributed by atoms with Crippen molar-refractivity contribution in [3.8, 4) is 9.88 Å². The second-order valence-electron chi connectivity index (χ2n) is 2.40. The first-order chi connectivity index (χ1) is 5.75. The minimum absolute atomic E-state index is 1.10. The highest BCUT2D eigenvalue weighted by Gasteiger charge is 2.04. The number of aromatic nitrogens is 1. The Kier molecular flexibility index (Phi) is 2.30. The Balaban J connectivity index is 2.43. The van der Waals surface area contributed by atoms with Gasteiger partial charge in [-0.15, -0.1) is 22.7 Å². The Morgan fingerprint density at radius 1 is 1.42 bits per heavy atom. The van der Waals surface area contributed by atoms with E-state index >= 15 is 0 Å². The third kappa shape index (κ3) is 1.60. The molecule has 0 saturated heterocycles. The van der Waals surface area contributed by atoms with Crippen LogP contribution in [0.15, 0.2) is 21.3 Å². The number of nitrogens with zero attached hydrogens (tertiary/aromatic N) is 1. The second-order valence-corrected chi connectivity index (χ2v) is 5.72. The molecule has 0 spiro atoms. The van der Waals surface area contributed by atoms with Gasteiger partial charge in [0.2, 0.25) is 0 Å². The molecule has 2 aromatic heterocycles. The third-order valence-electron chi connectivity index (χ3n) is 1.40. The SMILES string of the molecule is Cc1csc(-c2ccc(Br)s2)n1. The molecule has 0 aliphatic carbocycles. The van der Waals surface area contributed by atoms with Crippen LogP contribution in [0.1, 0.15) is 5.69 Å². The first-order valence-corrected chi connectivity index (χ1v) is 5.92. The summed E-state index contributed by atoms with van der Waals surface area (Å²) in [5, 5.41) is 3.19. The standard InChI is InChI=1S/C8H6BrNS2/c1-5-4-11-8(10-5)6-2-3-7(9)12-6/h2-4H,1H3. The average Bonchev–Trinajstić information content (AvgIpc) is 2.58. The van der Waals surface area contributed by atoms with E-state index in [1.807, 2.05) is 6.92 Å². The van der Waals surface area contributed by atoms with Crippen LogP contribution in [0.4, 0.5) is 0 Å². The molecule has 4 heteroatoms. The Bertz CT molecular complexity index is 353. The zero-order valence-corrected chi connectivity index (χ0v) is 9.59. The average molecular weight is 260 g/mol. The molecule has 0 aliphatic heterocycles. The van der Waals surface area contributed by atoms with Gasteiger partial charge in [0.15, 0.2) is 0 Å². The fraction of sp³-hybridized carbons (Fsp3) is 0.125. The largest absolute Gasteiger partial charge is 0.241 e. The van der Waals surface area contributed by atoms with E-state index in [1.165, 1.54) is 4.88 Å². The van der Waals surface area contributed by atoms with Crippen LogP contribution in [-0.2, 0) is 0 Å². The molecule has 0 aromatic carbocycles. The zero-order valence-electron chi connectivity index (χ0n) is 6.37. The highest BCUT2D eigenvalue weighted by molar-refractivity contribution is 9.11. The topological polar surface area (TPSA) is 12.9 Å². The molecular weight excluding hydrogens is 254 g/mol. The lowest BCUT2D eigenvalue weighted by Gasteiger charge is -1.85. The van der Waals surface area contributed by atoms with E-state index in [0.29, 0.717) is 0 Å². The van der Waals surface area contributed by atoms with Crippen molar-refractivity contribution < 1.29 is 0 Å². The highest BCUT2D eigenvalue weighted by Crippen LogP contribution is 2.32. The summed E-state index contributed by atoms with van der Waals surface area (Å²) in [6.45, 7) is 2.02. The number of hydrogen-bond acceptors (Lipinski definition) is 3. The molecular formula is C8H6BrNS2. The van der Waals surface area contributed by atoms with E-state index < -0.39 is 0 Å². The van der Waals surface area contributed by atoms with E-state index in [9.17, 15) is 0 Å². The number of rotatable bonds is 1. The normalized spacial score (nSPS) is 10.5. The maximum atomic E-state index is 4.40. The van der Waals surface area contributed by atoms with Crippen molar-refractivity contribution in [2.45, 2.75) is 6.92 Å². The monoisotopic (exact) mass is 259 g/mol. The number of thiophene rings is 1. The molecule has 0 amide bonds. The minimum Gasteiger partial charge on any atom is -0.241 e. The van der Waals surface area contributed by atoms with Crippen molar-refractivity contribution in [1.82, 2.24) is 4.98 Å². The fourth-order valence-electron chi connectivity index (χ4n) is 0.896. The number of halogens is 1. The molecule has 12 heavy (non-hydrogen) atoms. The molecule has 2 aromatic rings. The molecule has 62 valence electrons. The van der Waals surface area contributed by atoms with Crippen molar-refractivity contribution in [3.05, 3.63) is 27.0 Å². The molecule has 2 heterocycles. The van der Waals surface area contributed by atoms with Gasteiger partial charge in [0, 0.05) is 11.1 Å². The summed E-state index contributed by atoms with van der Waals surface area (Å²) >= 11 is 6.84.